The number of phenolic OH excluding ortho intramolecular Hbond substituents is 1. The van der Waals surface area contributed by atoms with E-state index in [1.807, 2.05) is 0 Å². The van der Waals surface area contributed by atoms with Crippen LogP contribution in [0.2, 0.25) is 15.1 Å². The largest absolute Gasteiger partial charge is 0.506 e. The number of benzene rings is 2. The van der Waals surface area contributed by atoms with Crippen molar-refractivity contribution >= 4 is 46.7 Å². The Kier molecular flexibility index (Phi) is 4.12. The second-order valence-corrected chi connectivity index (χ2v) is 4.84. The molecular formula is C13H8Cl3NO. The van der Waals surface area contributed by atoms with Crippen LogP contribution < -0.4 is 0 Å². The minimum absolute atomic E-state index is 0.0562. The van der Waals surface area contributed by atoms with Crippen LogP contribution in [0.25, 0.3) is 0 Å². The Morgan fingerprint density at radius 3 is 2.33 bits per heavy atom. The third-order valence-electron chi connectivity index (χ3n) is 2.24. The molecule has 0 radical (unpaired) electrons. The lowest BCUT2D eigenvalue weighted by Crippen LogP contribution is -1.82. The highest BCUT2D eigenvalue weighted by molar-refractivity contribution is 6.36. The molecule has 0 saturated heterocycles. The smallest absolute Gasteiger partial charge is 0.141 e. The Morgan fingerprint density at radius 1 is 0.944 bits per heavy atom. The van der Waals surface area contributed by atoms with Gasteiger partial charge in [0.25, 0.3) is 0 Å². The summed E-state index contributed by atoms with van der Waals surface area (Å²) in [6, 6.07) is 9.73. The van der Waals surface area contributed by atoms with Gasteiger partial charge in [-0.3, -0.25) is 4.99 Å². The number of rotatable bonds is 2. The predicted molar refractivity (Wildman–Crippen MR) is 76.8 cm³/mol. The second-order valence-electron chi connectivity index (χ2n) is 3.56. The number of halogens is 3. The highest BCUT2D eigenvalue weighted by Gasteiger charge is 2.01. The Balaban J connectivity index is 2.32. The summed E-state index contributed by atoms with van der Waals surface area (Å²) < 4.78 is 0. The molecule has 0 aliphatic rings. The topological polar surface area (TPSA) is 32.6 Å². The Labute approximate surface area is 119 Å². The minimum atomic E-state index is 0.0562. The molecule has 0 heterocycles. The first-order chi connectivity index (χ1) is 8.56. The summed E-state index contributed by atoms with van der Waals surface area (Å²) in [4.78, 5) is 4.14. The Hall–Kier alpha value is -1.22. The molecule has 2 aromatic rings. The van der Waals surface area contributed by atoms with Crippen LogP contribution in [-0.4, -0.2) is 11.3 Å². The molecule has 0 aliphatic carbocycles. The van der Waals surface area contributed by atoms with Crippen molar-refractivity contribution in [3.05, 3.63) is 57.0 Å². The molecule has 0 saturated carbocycles. The van der Waals surface area contributed by atoms with Gasteiger partial charge in [-0.05, 0) is 30.3 Å². The SMILES string of the molecule is Oc1ccc(Cl)cc1N=Cc1ccc(Cl)cc1Cl. The molecule has 0 aliphatic heterocycles. The van der Waals surface area contributed by atoms with Crippen molar-refractivity contribution < 1.29 is 5.11 Å². The summed E-state index contributed by atoms with van der Waals surface area (Å²) >= 11 is 17.6. The van der Waals surface area contributed by atoms with Gasteiger partial charge in [-0.15, -0.1) is 0 Å². The fourth-order valence-electron chi connectivity index (χ4n) is 1.35. The van der Waals surface area contributed by atoms with Crippen molar-refractivity contribution in [2.24, 2.45) is 4.99 Å². The molecule has 2 rings (SSSR count). The average Bonchev–Trinajstić information content (AvgIpc) is 2.32. The average molecular weight is 301 g/mol. The zero-order valence-electron chi connectivity index (χ0n) is 9.07. The zero-order valence-corrected chi connectivity index (χ0v) is 11.3. The third-order valence-corrected chi connectivity index (χ3v) is 3.04. The lowest BCUT2D eigenvalue weighted by Gasteiger charge is -2.00. The van der Waals surface area contributed by atoms with Crippen molar-refractivity contribution in [2.45, 2.75) is 0 Å². The van der Waals surface area contributed by atoms with Gasteiger partial charge in [0.05, 0.1) is 5.02 Å². The van der Waals surface area contributed by atoms with Crippen molar-refractivity contribution in [3.63, 3.8) is 0 Å². The van der Waals surface area contributed by atoms with Gasteiger partial charge in [0, 0.05) is 21.8 Å². The molecule has 0 unspecified atom stereocenters. The van der Waals surface area contributed by atoms with E-state index in [4.69, 9.17) is 34.8 Å². The van der Waals surface area contributed by atoms with E-state index in [9.17, 15) is 5.11 Å². The molecule has 0 amide bonds. The molecule has 0 bridgehead atoms. The maximum Gasteiger partial charge on any atom is 0.141 e. The van der Waals surface area contributed by atoms with E-state index in [-0.39, 0.29) is 5.75 Å². The normalized spacial score (nSPS) is 11.1. The van der Waals surface area contributed by atoms with Gasteiger partial charge in [0.2, 0.25) is 0 Å². The summed E-state index contributed by atoms with van der Waals surface area (Å²) in [6.45, 7) is 0. The molecule has 1 N–H and O–H groups in total. The van der Waals surface area contributed by atoms with Gasteiger partial charge in [-0.2, -0.15) is 0 Å². The van der Waals surface area contributed by atoms with E-state index in [0.29, 0.717) is 26.3 Å². The van der Waals surface area contributed by atoms with E-state index in [0.717, 1.165) is 0 Å². The van der Waals surface area contributed by atoms with Crippen LogP contribution in [0, 0.1) is 0 Å². The lowest BCUT2D eigenvalue weighted by atomic mass is 10.2. The number of nitrogens with zero attached hydrogens (tertiary/aromatic N) is 1. The summed E-state index contributed by atoms with van der Waals surface area (Å²) in [6.07, 6.45) is 1.55. The Bertz CT molecular complexity index is 611. The van der Waals surface area contributed by atoms with Crippen molar-refractivity contribution in [1.29, 1.82) is 0 Å². The van der Waals surface area contributed by atoms with E-state index < -0.39 is 0 Å². The standard InChI is InChI=1S/C13H8Cl3NO/c14-9-2-1-8(11(16)5-9)7-17-12-6-10(15)3-4-13(12)18/h1-7,18H. The monoisotopic (exact) mass is 299 g/mol. The molecule has 0 fully saturated rings. The van der Waals surface area contributed by atoms with Gasteiger partial charge < -0.3 is 5.11 Å². The zero-order chi connectivity index (χ0) is 13.1. The van der Waals surface area contributed by atoms with Crippen molar-refractivity contribution in [1.82, 2.24) is 0 Å². The van der Waals surface area contributed by atoms with Gasteiger partial charge in [-0.25, -0.2) is 0 Å². The maximum atomic E-state index is 9.60. The number of phenols is 1. The van der Waals surface area contributed by atoms with Crippen LogP contribution in [0.5, 0.6) is 5.75 Å². The lowest BCUT2D eigenvalue weighted by molar-refractivity contribution is 0.477. The molecule has 18 heavy (non-hydrogen) atoms. The molecule has 2 nitrogen and oxygen atoms in total. The second kappa shape index (κ2) is 5.61. The molecule has 0 spiro atoms. The van der Waals surface area contributed by atoms with Crippen LogP contribution in [0.3, 0.4) is 0 Å². The number of aromatic hydroxyl groups is 1. The molecule has 0 atom stereocenters. The van der Waals surface area contributed by atoms with E-state index in [2.05, 4.69) is 4.99 Å². The van der Waals surface area contributed by atoms with Gasteiger partial charge in [0.15, 0.2) is 0 Å². The quantitative estimate of drug-likeness (QED) is 0.769. The third kappa shape index (κ3) is 3.16. The van der Waals surface area contributed by atoms with Crippen molar-refractivity contribution in [3.8, 4) is 5.75 Å². The van der Waals surface area contributed by atoms with Crippen LogP contribution >= 0.6 is 34.8 Å². The van der Waals surface area contributed by atoms with Crippen LogP contribution in [0.4, 0.5) is 5.69 Å². The van der Waals surface area contributed by atoms with Crippen LogP contribution in [-0.2, 0) is 0 Å². The molecule has 5 heteroatoms. The predicted octanol–water partition coefficient (Wildman–Crippen LogP) is 5.10. The van der Waals surface area contributed by atoms with Crippen molar-refractivity contribution in [2.75, 3.05) is 0 Å². The number of hydrogen-bond donors (Lipinski definition) is 1. The summed E-state index contributed by atoms with van der Waals surface area (Å²) in [7, 11) is 0. The molecule has 92 valence electrons. The maximum absolute atomic E-state index is 9.60. The highest BCUT2D eigenvalue weighted by Crippen LogP contribution is 2.29. The fraction of sp³-hybridized carbons (Fsp3) is 0. The first kappa shape index (κ1) is 13.2. The number of hydrogen-bond acceptors (Lipinski definition) is 2. The van der Waals surface area contributed by atoms with E-state index in [1.165, 1.54) is 6.07 Å². The number of aliphatic imine (C=N–C) groups is 1. The van der Waals surface area contributed by atoms with E-state index in [1.54, 1.807) is 36.5 Å². The minimum Gasteiger partial charge on any atom is -0.506 e. The van der Waals surface area contributed by atoms with Crippen LogP contribution in [0.15, 0.2) is 41.4 Å². The van der Waals surface area contributed by atoms with E-state index >= 15 is 0 Å². The first-order valence-corrected chi connectivity index (χ1v) is 6.17. The van der Waals surface area contributed by atoms with Gasteiger partial charge >= 0.3 is 0 Å². The summed E-state index contributed by atoms with van der Waals surface area (Å²) in [5, 5.41) is 11.2. The Morgan fingerprint density at radius 2 is 1.61 bits per heavy atom. The molecule has 2 aromatic carbocycles. The summed E-state index contributed by atoms with van der Waals surface area (Å²) in [5.74, 6) is 0.0562. The van der Waals surface area contributed by atoms with Gasteiger partial charge in [0.1, 0.15) is 11.4 Å². The summed E-state index contributed by atoms with van der Waals surface area (Å²) in [5.41, 5.74) is 1.09. The molecular weight excluding hydrogens is 293 g/mol. The molecule has 0 aromatic heterocycles. The first-order valence-electron chi connectivity index (χ1n) is 5.04. The fourth-order valence-corrected chi connectivity index (χ4v) is 1.97. The van der Waals surface area contributed by atoms with Gasteiger partial charge in [-0.1, -0.05) is 40.9 Å². The van der Waals surface area contributed by atoms with Crippen LogP contribution in [0.1, 0.15) is 5.56 Å². The highest BCUT2D eigenvalue weighted by atomic mass is 35.5.